The fraction of sp³-hybridized carbons (Fsp3) is 0.474. The Balaban J connectivity index is 1.37. The Hall–Kier alpha value is -2.54. The van der Waals surface area contributed by atoms with E-state index in [1.54, 1.807) is 12.0 Å². The summed E-state index contributed by atoms with van der Waals surface area (Å²) in [5, 5.41) is 4.52. The van der Waals surface area contributed by atoms with Gasteiger partial charge in [0.1, 0.15) is 6.10 Å². The number of methoxy groups -OCH3 is 1. The second kappa shape index (κ2) is 6.99. The lowest BCUT2D eigenvalue weighted by atomic mass is 10.1. The fourth-order valence-corrected chi connectivity index (χ4v) is 3.46. The molecule has 3 heterocycles. The minimum atomic E-state index is -0.0203. The number of aryl methyl sites for hydroxylation is 1. The number of carbonyl (C=O) groups excluding carboxylic acids is 1. The van der Waals surface area contributed by atoms with Crippen molar-refractivity contribution in [3.8, 4) is 11.5 Å². The number of hydrogen-bond acceptors (Lipinski definition) is 5. The van der Waals surface area contributed by atoms with Crippen LogP contribution >= 0.6 is 0 Å². The molecule has 0 bridgehead atoms. The molecule has 0 radical (unpaired) electrons. The van der Waals surface area contributed by atoms with Crippen LogP contribution in [0.2, 0.25) is 0 Å². The highest BCUT2D eigenvalue weighted by Crippen LogP contribution is 2.29. The van der Waals surface area contributed by atoms with Gasteiger partial charge in [0.25, 0.3) is 5.91 Å². The van der Waals surface area contributed by atoms with E-state index in [9.17, 15) is 4.79 Å². The lowest BCUT2D eigenvalue weighted by Crippen LogP contribution is -2.56. The largest absolute Gasteiger partial charge is 0.493 e. The molecule has 138 valence electrons. The summed E-state index contributed by atoms with van der Waals surface area (Å²) in [6, 6.07) is 9.49. The van der Waals surface area contributed by atoms with Crippen molar-refractivity contribution in [3.63, 3.8) is 0 Å². The number of carbonyl (C=O) groups is 1. The molecule has 1 aromatic heterocycles. The zero-order chi connectivity index (χ0) is 18.1. The molecule has 0 atom stereocenters. The first-order chi connectivity index (χ1) is 12.6. The van der Waals surface area contributed by atoms with Gasteiger partial charge in [-0.1, -0.05) is 12.1 Å². The molecule has 1 saturated heterocycles. The Morgan fingerprint density at radius 2 is 1.96 bits per heavy atom. The molecular formula is C19H24N4O3. The molecule has 4 rings (SSSR count). The number of ether oxygens (including phenoxy) is 2. The monoisotopic (exact) mass is 356 g/mol. The van der Waals surface area contributed by atoms with Crippen molar-refractivity contribution in [2.75, 3.05) is 33.8 Å². The predicted molar refractivity (Wildman–Crippen MR) is 96.5 cm³/mol. The van der Waals surface area contributed by atoms with Crippen molar-refractivity contribution in [2.45, 2.75) is 25.6 Å². The van der Waals surface area contributed by atoms with Crippen LogP contribution in [0.15, 0.2) is 30.3 Å². The molecule has 0 unspecified atom stereocenters. The standard InChI is InChI=1S/C19H24N4O3/c1-21-8-5-9-23-14(11-21)10-16(20-23)19(24)22-12-15(13-22)26-18-7-4-3-6-17(18)25-2/h3-4,6-7,10,15H,5,8-9,11-13H2,1-2H3. The fourth-order valence-electron chi connectivity index (χ4n) is 3.46. The highest BCUT2D eigenvalue weighted by atomic mass is 16.5. The molecule has 2 aliphatic rings. The van der Waals surface area contributed by atoms with E-state index in [0.717, 1.165) is 31.7 Å². The summed E-state index contributed by atoms with van der Waals surface area (Å²) in [5.41, 5.74) is 1.64. The molecule has 0 spiro atoms. The molecule has 2 aromatic rings. The SMILES string of the molecule is COc1ccccc1OC1CN(C(=O)c2cc3n(n2)CCCN(C)C3)C1. The average molecular weight is 356 g/mol. The Morgan fingerprint density at radius 3 is 2.73 bits per heavy atom. The van der Waals surface area contributed by atoms with Gasteiger partial charge in [-0.25, -0.2) is 0 Å². The second-order valence-corrected chi connectivity index (χ2v) is 6.94. The van der Waals surface area contributed by atoms with Crippen LogP contribution in [0.5, 0.6) is 11.5 Å². The van der Waals surface area contributed by atoms with Gasteiger partial charge in [0.05, 0.1) is 25.9 Å². The second-order valence-electron chi connectivity index (χ2n) is 6.94. The maximum absolute atomic E-state index is 12.7. The molecule has 7 heteroatoms. The molecule has 26 heavy (non-hydrogen) atoms. The summed E-state index contributed by atoms with van der Waals surface area (Å²) < 4.78 is 13.2. The maximum atomic E-state index is 12.7. The predicted octanol–water partition coefficient (Wildman–Crippen LogP) is 1.63. The third-order valence-corrected chi connectivity index (χ3v) is 4.92. The van der Waals surface area contributed by atoms with Crippen molar-refractivity contribution in [2.24, 2.45) is 0 Å². The van der Waals surface area contributed by atoms with Gasteiger partial charge in [-0.3, -0.25) is 9.48 Å². The van der Waals surface area contributed by atoms with Crippen LogP contribution in [0.3, 0.4) is 0 Å². The number of nitrogens with zero attached hydrogens (tertiary/aromatic N) is 4. The van der Waals surface area contributed by atoms with Crippen LogP contribution in [0.4, 0.5) is 0 Å². The van der Waals surface area contributed by atoms with Crippen LogP contribution in [0.1, 0.15) is 22.6 Å². The zero-order valence-electron chi connectivity index (χ0n) is 15.2. The molecule has 7 nitrogen and oxygen atoms in total. The summed E-state index contributed by atoms with van der Waals surface area (Å²) in [4.78, 5) is 16.7. The van der Waals surface area contributed by atoms with Crippen LogP contribution < -0.4 is 9.47 Å². The molecule has 1 aromatic carbocycles. The molecule has 0 N–H and O–H groups in total. The number of hydrogen-bond donors (Lipinski definition) is 0. The molecular weight excluding hydrogens is 332 g/mol. The summed E-state index contributed by atoms with van der Waals surface area (Å²) in [6.07, 6.45) is 1.04. The minimum absolute atomic E-state index is 0.0122. The third kappa shape index (κ3) is 3.26. The molecule has 1 fully saturated rings. The lowest BCUT2D eigenvalue weighted by molar-refractivity contribution is 0.0164. The van der Waals surface area contributed by atoms with Crippen molar-refractivity contribution in [1.82, 2.24) is 19.6 Å². The van der Waals surface area contributed by atoms with Crippen molar-refractivity contribution in [3.05, 3.63) is 41.7 Å². The first-order valence-corrected chi connectivity index (χ1v) is 8.98. The van der Waals surface area contributed by atoms with E-state index >= 15 is 0 Å². The number of rotatable bonds is 4. The van der Waals surface area contributed by atoms with Crippen LogP contribution in [0.25, 0.3) is 0 Å². The maximum Gasteiger partial charge on any atom is 0.274 e. The van der Waals surface area contributed by atoms with Gasteiger partial charge >= 0.3 is 0 Å². The summed E-state index contributed by atoms with van der Waals surface area (Å²) in [7, 11) is 3.72. The molecule has 1 amide bonds. The van der Waals surface area contributed by atoms with Gasteiger partial charge in [-0.2, -0.15) is 5.10 Å². The highest BCUT2D eigenvalue weighted by Gasteiger charge is 2.34. The normalized spacial score (nSPS) is 18.0. The van der Waals surface area contributed by atoms with Crippen molar-refractivity contribution in [1.29, 1.82) is 0 Å². The van der Waals surface area contributed by atoms with Crippen LogP contribution in [0, 0.1) is 0 Å². The lowest BCUT2D eigenvalue weighted by Gasteiger charge is -2.38. The zero-order valence-corrected chi connectivity index (χ0v) is 15.2. The smallest absolute Gasteiger partial charge is 0.274 e. The topological polar surface area (TPSA) is 59.8 Å². The number of benzene rings is 1. The molecule has 0 saturated carbocycles. The minimum Gasteiger partial charge on any atom is -0.493 e. The Labute approximate surface area is 153 Å². The summed E-state index contributed by atoms with van der Waals surface area (Å²) in [5.74, 6) is 1.40. The van der Waals surface area contributed by atoms with Crippen LogP contribution in [-0.2, 0) is 13.1 Å². The number of fused-ring (bicyclic) bond motifs is 1. The van der Waals surface area contributed by atoms with Gasteiger partial charge in [0, 0.05) is 19.6 Å². The number of aromatic nitrogens is 2. The van der Waals surface area contributed by atoms with Crippen molar-refractivity contribution < 1.29 is 14.3 Å². The molecule has 0 aliphatic carbocycles. The molecule has 2 aliphatic heterocycles. The Bertz CT molecular complexity index is 798. The highest BCUT2D eigenvalue weighted by molar-refractivity contribution is 5.93. The van der Waals surface area contributed by atoms with E-state index in [4.69, 9.17) is 9.47 Å². The van der Waals surface area contributed by atoms with Crippen molar-refractivity contribution >= 4 is 5.91 Å². The first kappa shape index (κ1) is 16.9. The quantitative estimate of drug-likeness (QED) is 0.833. The van der Waals surface area contributed by atoms with Gasteiger partial charge in [-0.15, -0.1) is 0 Å². The van der Waals surface area contributed by atoms with Gasteiger partial charge in [-0.05, 0) is 31.7 Å². The Kier molecular flexibility index (Phi) is 4.55. The van der Waals surface area contributed by atoms with E-state index in [1.807, 2.05) is 35.0 Å². The van der Waals surface area contributed by atoms with E-state index in [2.05, 4.69) is 17.0 Å². The van der Waals surface area contributed by atoms with Gasteiger partial charge in [0.15, 0.2) is 17.2 Å². The Morgan fingerprint density at radius 1 is 1.19 bits per heavy atom. The average Bonchev–Trinajstić information content (AvgIpc) is 2.92. The van der Waals surface area contributed by atoms with Gasteiger partial charge < -0.3 is 19.3 Å². The van der Waals surface area contributed by atoms with E-state index in [1.165, 1.54) is 0 Å². The number of para-hydroxylation sites is 2. The summed E-state index contributed by atoms with van der Waals surface area (Å²) >= 11 is 0. The number of likely N-dealkylation sites (tertiary alicyclic amines) is 1. The van der Waals surface area contributed by atoms with Crippen LogP contribution in [-0.4, -0.2) is 65.4 Å². The summed E-state index contributed by atoms with van der Waals surface area (Å²) in [6.45, 7) is 3.89. The number of amides is 1. The van der Waals surface area contributed by atoms with E-state index in [-0.39, 0.29) is 12.0 Å². The van der Waals surface area contributed by atoms with E-state index < -0.39 is 0 Å². The van der Waals surface area contributed by atoms with E-state index in [0.29, 0.717) is 30.3 Å². The van der Waals surface area contributed by atoms with Gasteiger partial charge in [0.2, 0.25) is 0 Å². The third-order valence-electron chi connectivity index (χ3n) is 4.92. The first-order valence-electron chi connectivity index (χ1n) is 8.98.